The molecule has 0 saturated heterocycles. The van der Waals surface area contributed by atoms with E-state index >= 15 is 0 Å². The second-order valence-corrected chi connectivity index (χ2v) is 5.72. The highest BCUT2D eigenvalue weighted by Gasteiger charge is 2.30. The van der Waals surface area contributed by atoms with Crippen LogP contribution >= 0.6 is 0 Å². The molecule has 2 amide bonds. The molecular formula is C19H19F3N2O4. The van der Waals surface area contributed by atoms with Crippen molar-refractivity contribution in [1.82, 2.24) is 10.6 Å². The van der Waals surface area contributed by atoms with Gasteiger partial charge in [-0.25, -0.2) is 0 Å². The van der Waals surface area contributed by atoms with E-state index in [9.17, 15) is 22.8 Å². The number of benzene rings is 2. The van der Waals surface area contributed by atoms with Crippen LogP contribution in [0.1, 0.15) is 21.5 Å². The van der Waals surface area contributed by atoms with Crippen molar-refractivity contribution < 1.29 is 32.2 Å². The minimum absolute atomic E-state index is 0.0284. The van der Waals surface area contributed by atoms with E-state index in [1.807, 2.05) is 0 Å². The van der Waals surface area contributed by atoms with Crippen molar-refractivity contribution in [2.24, 2.45) is 0 Å². The normalized spacial score (nSPS) is 10.9. The van der Waals surface area contributed by atoms with Crippen LogP contribution < -0.4 is 20.1 Å². The Kier molecular flexibility index (Phi) is 6.86. The predicted octanol–water partition coefficient (Wildman–Crippen LogP) is 2.77. The van der Waals surface area contributed by atoms with Crippen molar-refractivity contribution in [3.8, 4) is 11.5 Å². The average Bonchev–Trinajstić information content (AvgIpc) is 2.69. The summed E-state index contributed by atoms with van der Waals surface area (Å²) in [4.78, 5) is 23.8. The van der Waals surface area contributed by atoms with Gasteiger partial charge in [-0.3, -0.25) is 9.59 Å². The fourth-order valence-corrected chi connectivity index (χ4v) is 2.33. The van der Waals surface area contributed by atoms with Crippen molar-refractivity contribution >= 4 is 11.8 Å². The Morgan fingerprint density at radius 3 is 2.14 bits per heavy atom. The highest BCUT2D eigenvalue weighted by atomic mass is 19.4. The lowest BCUT2D eigenvalue weighted by atomic mass is 10.1. The van der Waals surface area contributed by atoms with Gasteiger partial charge in [0.25, 0.3) is 5.91 Å². The third-order valence-corrected chi connectivity index (χ3v) is 3.82. The Hall–Kier alpha value is -3.23. The zero-order valence-corrected chi connectivity index (χ0v) is 15.2. The molecule has 0 aromatic heterocycles. The summed E-state index contributed by atoms with van der Waals surface area (Å²) in [6.07, 6.45) is -4.47. The van der Waals surface area contributed by atoms with Gasteiger partial charge < -0.3 is 20.1 Å². The van der Waals surface area contributed by atoms with Crippen LogP contribution in [0.5, 0.6) is 11.5 Å². The molecule has 9 heteroatoms. The summed E-state index contributed by atoms with van der Waals surface area (Å²) < 4.78 is 47.9. The lowest BCUT2D eigenvalue weighted by Gasteiger charge is -2.11. The number of amides is 2. The summed E-state index contributed by atoms with van der Waals surface area (Å²) in [5.74, 6) is -0.0173. The summed E-state index contributed by atoms with van der Waals surface area (Å²) in [7, 11) is 3.01. The second kappa shape index (κ2) is 9.12. The maximum atomic E-state index is 12.5. The van der Waals surface area contributed by atoms with Gasteiger partial charge in [-0.1, -0.05) is 6.07 Å². The van der Waals surface area contributed by atoms with Crippen LogP contribution in [0.4, 0.5) is 13.2 Å². The molecule has 0 radical (unpaired) electrons. The zero-order valence-electron chi connectivity index (χ0n) is 15.2. The number of carbonyl (C=O) groups is 2. The van der Waals surface area contributed by atoms with Crippen molar-refractivity contribution in [3.05, 3.63) is 59.2 Å². The molecule has 0 aliphatic carbocycles. The van der Waals surface area contributed by atoms with Gasteiger partial charge in [-0.15, -0.1) is 0 Å². The van der Waals surface area contributed by atoms with Crippen molar-refractivity contribution in [2.45, 2.75) is 12.7 Å². The summed E-state index contributed by atoms with van der Waals surface area (Å²) in [5.41, 5.74) is -0.0579. The number of nitrogens with one attached hydrogen (secondary N) is 2. The smallest absolute Gasteiger partial charge is 0.416 e. The SMILES string of the molecule is COc1ccc(CNC(=O)CNC(=O)c2ccc(C(F)(F)F)cc2)cc1OC. The fraction of sp³-hybridized carbons (Fsp3) is 0.263. The second-order valence-electron chi connectivity index (χ2n) is 5.72. The number of ether oxygens (including phenoxy) is 2. The fourth-order valence-electron chi connectivity index (χ4n) is 2.33. The Balaban J connectivity index is 1.84. The van der Waals surface area contributed by atoms with E-state index in [1.54, 1.807) is 18.2 Å². The van der Waals surface area contributed by atoms with E-state index in [0.717, 1.165) is 29.8 Å². The van der Waals surface area contributed by atoms with Gasteiger partial charge in [-0.05, 0) is 42.0 Å². The molecule has 0 atom stereocenters. The monoisotopic (exact) mass is 396 g/mol. The highest BCUT2D eigenvalue weighted by Crippen LogP contribution is 2.29. The van der Waals surface area contributed by atoms with E-state index in [4.69, 9.17) is 9.47 Å². The lowest BCUT2D eigenvalue weighted by Crippen LogP contribution is -2.36. The molecule has 0 spiro atoms. The van der Waals surface area contributed by atoms with Crippen molar-refractivity contribution in [3.63, 3.8) is 0 Å². The van der Waals surface area contributed by atoms with Crippen LogP contribution in [0, 0.1) is 0 Å². The quantitative estimate of drug-likeness (QED) is 0.755. The molecular weight excluding hydrogens is 377 g/mol. The molecule has 0 fully saturated rings. The molecule has 2 aromatic rings. The molecule has 0 heterocycles. The minimum Gasteiger partial charge on any atom is -0.493 e. The highest BCUT2D eigenvalue weighted by molar-refractivity contribution is 5.96. The Morgan fingerprint density at radius 2 is 1.57 bits per heavy atom. The van der Waals surface area contributed by atoms with Gasteiger partial charge in [0.2, 0.25) is 5.91 Å². The number of hydrogen-bond acceptors (Lipinski definition) is 4. The summed E-state index contributed by atoms with van der Waals surface area (Å²) in [5, 5.41) is 4.98. The van der Waals surface area contributed by atoms with Crippen LogP contribution in [0.2, 0.25) is 0 Å². The lowest BCUT2D eigenvalue weighted by molar-refractivity contribution is -0.137. The number of alkyl halides is 3. The number of methoxy groups -OCH3 is 2. The molecule has 2 aromatic carbocycles. The number of hydrogen-bond donors (Lipinski definition) is 2. The average molecular weight is 396 g/mol. The summed E-state index contributed by atoms with van der Waals surface area (Å²) in [6, 6.07) is 8.90. The molecule has 0 bridgehead atoms. The first-order valence-electron chi connectivity index (χ1n) is 8.17. The van der Waals surface area contributed by atoms with E-state index in [1.165, 1.54) is 14.2 Å². The Bertz CT molecular complexity index is 836. The number of rotatable bonds is 7. The van der Waals surface area contributed by atoms with Gasteiger partial charge in [0.15, 0.2) is 11.5 Å². The predicted molar refractivity (Wildman–Crippen MR) is 95.2 cm³/mol. The maximum Gasteiger partial charge on any atom is 0.416 e. The number of halogens is 3. The molecule has 0 aliphatic rings. The molecule has 28 heavy (non-hydrogen) atoms. The van der Waals surface area contributed by atoms with Crippen LogP contribution in [0.25, 0.3) is 0 Å². The molecule has 2 N–H and O–H groups in total. The summed E-state index contributed by atoms with van der Waals surface area (Å²) >= 11 is 0. The van der Waals surface area contributed by atoms with E-state index < -0.39 is 23.6 Å². The van der Waals surface area contributed by atoms with Gasteiger partial charge in [0.05, 0.1) is 26.3 Å². The van der Waals surface area contributed by atoms with Gasteiger partial charge in [0.1, 0.15) is 0 Å². The van der Waals surface area contributed by atoms with Crippen molar-refractivity contribution in [2.75, 3.05) is 20.8 Å². The summed E-state index contributed by atoms with van der Waals surface area (Å²) in [6.45, 7) is -0.109. The first-order valence-corrected chi connectivity index (χ1v) is 8.17. The minimum atomic E-state index is -4.47. The Morgan fingerprint density at radius 1 is 0.929 bits per heavy atom. The maximum absolute atomic E-state index is 12.5. The van der Waals surface area contributed by atoms with Crippen LogP contribution in [0.3, 0.4) is 0 Å². The Labute approximate surface area is 159 Å². The molecule has 0 saturated carbocycles. The van der Waals surface area contributed by atoms with E-state index in [0.29, 0.717) is 11.5 Å². The third-order valence-electron chi connectivity index (χ3n) is 3.82. The molecule has 0 unspecified atom stereocenters. The number of carbonyl (C=O) groups excluding carboxylic acids is 2. The molecule has 2 rings (SSSR count). The topological polar surface area (TPSA) is 76.7 Å². The van der Waals surface area contributed by atoms with Crippen LogP contribution in [-0.4, -0.2) is 32.6 Å². The van der Waals surface area contributed by atoms with E-state index in [2.05, 4.69) is 10.6 Å². The zero-order chi connectivity index (χ0) is 20.7. The molecule has 6 nitrogen and oxygen atoms in total. The largest absolute Gasteiger partial charge is 0.493 e. The third kappa shape index (κ3) is 5.63. The molecule has 0 aliphatic heterocycles. The first-order chi connectivity index (χ1) is 13.2. The van der Waals surface area contributed by atoms with Crippen LogP contribution in [-0.2, 0) is 17.5 Å². The van der Waals surface area contributed by atoms with Gasteiger partial charge in [-0.2, -0.15) is 13.2 Å². The first kappa shape index (κ1) is 21.1. The van der Waals surface area contributed by atoms with Gasteiger partial charge >= 0.3 is 6.18 Å². The van der Waals surface area contributed by atoms with Crippen molar-refractivity contribution in [1.29, 1.82) is 0 Å². The van der Waals surface area contributed by atoms with E-state index in [-0.39, 0.29) is 18.7 Å². The van der Waals surface area contributed by atoms with Crippen LogP contribution in [0.15, 0.2) is 42.5 Å². The molecule has 150 valence electrons. The van der Waals surface area contributed by atoms with Gasteiger partial charge in [0, 0.05) is 12.1 Å². The standard InChI is InChI=1S/C19H19F3N2O4/c1-27-15-8-3-12(9-16(15)28-2)10-23-17(25)11-24-18(26)13-4-6-14(7-5-13)19(20,21)22/h3-9H,10-11H2,1-2H3,(H,23,25)(H,24,26).